The third-order valence-electron chi connectivity index (χ3n) is 4.15. The molecule has 0 bridgehead atoms. The maximum Gasteiger partial charge on any atom is 0.175 e. The molecule has 0 amide bonds. The Kier molecular flexibility index (Phi) is 3.92. The average Bonchev–Trinajstić information content (AvgIpc) is 3.24. The van der Waals surface area contributed by atoms with E-state index in [2.05, 4.69) is 42.2 Å². The molecule has 0 saturated carbocycles. The molecule has 120 valence electrons. The number of nitrogens with zero attached hydrogens (tertiary/aromatic N) is 7. The molecule has 4 rings (SSSR count). The summed E-state index contributed by atoms with van der Waals surface area (Å²) in [5, 5.41) is 7.70. The van der Waals surface area contributed by atoms with Gasteiger partial charge in [0.1, 0.15) is 6.33 Å². The van der Waals surface area contributed by atoms with Gasteiger partial charge in [-0.25, -0.2) is 9.97 Å². The van der Waals surface area contributed by atoms with Crippen LogP contribution in [-0.4, -0.2) is 55.6 Å². The molecule has 0 N–H and O–H groups in total. The Morgan fingerprint density at radius 1 is 1.17 bits per heavy atom. The van der Waals surface area contributed by atoms with E-state index < -0.39 is 0 Å². The third-order valence-corrected chi connectivity index (χ3v) is 5.20. The van der Waals surface area contributed by atoms with E-state index in [0.29, 0.717) is 0 Å². The van der Waals surface area contributed by atoms with Gasteiger partial charge in [0, 0.05) is 38.1 Å². The first-order valence-corrected chi connectivity index (χ1v) is 8.76. The zero-order chi connectivity index (χ0) is 15.6. The average molecular weight is 329 g/mol. The fourth-order valence-electron chi connectivity index (χ4n) is 2.90. The number of piperazine rings is 1. The highest BCUT2D eigenvalue weighted by molar-refractivity contribution is 7.09. The molecule has 1 saturated heterocycles. The smallest absolute Gasteiger partial charge is 0.175 e. The molecule has 1 aliphatic heterocycles. The van der Waals surface area contributed by atoms with Crippen molar-refractivity contribution in [2.45, 2.75) is 19.9 Å². The molecule has 7 nitrogen and oxygen atoms in total. The highest BCUT2D eigenvalue weighted by Crippen LogP contribution is 2.18. The molecule has 0 radical (unpaired) electrons. The van der Waals surface area contributed by atoms with E-state index in [-0.39, 0.29) is 0 Å². The minimum Gasteiger partial charge on any atom is -0.353 e. The van der Waals surface area contributed by atoms with E-state index in [0.717, 1.165) is 50.6 Å². The van der Waals surface area contributed by atoms with Crippen LogP contribution in [0.5, 0.6) is 0 Å². The van der Waals surface area contributed by atoms with Crippen molar-refractivity contribution >= 4 is 22.8 Å². The summed E-state index contributed by atoms with van der Waals surface area (Å²) in [6.07, 6.45) is 6.20. The molecular weight excluding hydrogens is 310 g/mol. The number of thiazole rings is 1. The second-order valence-electron chi connectivity index (χ2n) is 5.64. The number of aryl methyl sites for hydroxylation is 1. The summed E-state index contributed by atoms with van der Waals surface area (Å²) < 4.78 is 1.86. The first-order valence-electron chi connectivity index (χ1n) is 7.88. The zero-order valence-corrected chi connectivity index (χ0v) is 13.9. The van der Waals surface area contributed by atoms with E-state index in [1.807, 2.05) is 10.7 Å². The molecule has 8 heteroatoms. The topological polar surface area (TPSA) is 62.5 Å². The van der Waals surface area contributed by atoms with Crippen LogP contribution >= 0.6 is 11.3 Å². The molecule has 0 spiro atoms. The Bertz CT molecular complexity index is 788. The Morgan fingerprint density at radius 2 is 2.04 bits per heavy atom. The van der Waals surface area contributed by atoms with E-state index in [1.54, 1.807) is 23.9 Å². The number of fused-ring (bicyclic) bond motifs is 1. The van der Waals surface area contributed by atoms with E-state index in [9.17, 15) is 0 Å². The number of hydrogen-bond acceptors (Lipinski definition) is 7. The molecule has 0 unspecified atom stereocenters. The lowest BCUT2D eigenvalue weighted by Crippen LogP contribution is -2.46. The molecule has 0 aliphatic carbocycles. The van der Waals surface area contributed by atoms with Crippen LogP contribution in [0.2, 0.25) is 0 Å². The van der Waals surface area contributed by atoms with Crippen molar-refractivity contribution in [1.82, 2.24) is 29.5 Å². The minimum atomic E-state index is 0.791. The lowest BCUT2D eigenvalue weighted by atomic mass is 10.3. The van der Waals surface area contributed by atoms with Gasteiger partial charge in [0.25, 0.3) is 0 Å². The highest BCUT2D eigenvalue weighted by Gasteiger charge is 2.20. The molecule has 0 atom stereocenters. The van der Waals surface area contributed by atoms with Crippen LogP contribution in [0.15, 0.2) is 24.1 Å². The summed E-state index contributed by atoms with van der Waals surface area (Å²) in [6, 6.07) is 0. The van der Waals surface area contributed by atoms with Crippen molar-refractivity contribution in [1.29, 1.82) is 0 Å². The second kappa shape index (κ2) is 6.21. The van der Waals surface area contributed by atoms with Crippen molar-refractivity contribution in [3.63, 3.8) is 0 Å². The maximum absolute atomic E-state index is 4.66. The zero-order valence-electron chi connectivity index (χ0n) is 13.1. The number of hydrogen-bond donors (Lipinski definition) is 0. The fourth-order valence-corrected chi connectivity index (χ4v) is 3.64. The van der Waals surface area contributed by atoms with Gasteiger partial charge < -0.3 is 4.90 Å². The Labute approximate surface area is 138 Å². The van der Waals surface area contributed by atoms with Gasteiger partial charge in [0.2, 0.25) is 0 Å². The SMILES string of the molecule is CCc1nc(CN2CCN(c3cncc4ncnn34)CC2)cs1. The molecular formula is C15H19N7S. The number of rotatable bonds is 4. The van der Waals surface area contributed by atoms with Crippen LogP contribution in [0.3, 0.4) is 0 Å². The predicted molar refractivity (Wildman–Crippen MR) is 89.8 cm³/mol. The second-order valence-corrected chi connectivity index (χ2v) is 6.59. The molecule has 1 aliphatic rings. The monoisotopic (exact) mass is 329 g/mol. The van der Waals surface area contributed by atoms with Gasteiger partial charge in [-0.05, 0) is 6.42 Å². The van der Waals surface area contributed by atoms with Gasteiger partial charge in [-0.2, -0.15) is 9.61 Å². The summed E-state index contributed by atoms with van der Waals surface area (Å²) in [6.45, 7) is 7.06. The summed E-state index contributed by atoms with van der Waals surface area (Å²) in [5.41, 5.74) is 1.99. The summed E-state index contributed by atoms with van der Waals surface area (Å²) in [4.78, 5) is 17.9. The summed E-state index contributed by atoms with van der Waals surface area (Å²) >= 11 is 1.76. The fraction of sp³-hybridized carbons (Fsp3) is 0.467. The molecule has 3 aromatic heterocycles. The van der Waals surface area contributed by atoms with E-state index in [4.69, 9.17) is 0 Å². The Morgan fingerprint density at radius 3 is 2.83 bits per heavy atom. The van der Waals surface area contributed by atoms with Crippen LogP contribution in [-0.2, 0) is 13.0 Å². The van der Waals surface area contributed by atoms with Gasteiger partial charge in [0.15, 0.2) is 11.5 Å². The van der Waals surface area contributed by atoms with Gasteiger partial charge >= 0.3 is 0 Å². The normalized spacial score (nSPS) is 16.3. The Hall–Kier alpha value is -2.06. The first kappa shape index (κ1) is 14.5. The molecule has 0 aromatic carbocycles. The minimum absolute atomic E-state index is 0.791. The van der Waals surface area contributed by atoms with Crippen LogP contribution in [0.4, 0.5) is 5.82 Å². The molecule has 23 heavy (non-hydrogen) atoms. The molecule has 4 heterocycles. The quantitative estimate of drug-likeness (QED) is 0.722. The summed E-state index contributed by atoms with van der Waals surface area (Å²) in [7, 11) is 0. The molecule has 1 fully saturated rings. The van der Waals surface area contributed by atoms with Crippen molar-refractivity contribution in [2.75, 3.05) is 31.1 Å². The van der Waals surface area contributed by atoms with Gasteiger partial charge in [-0.15, -0.1) is 11.3 Å². The summed E-state index contributed by atoms with van der Waals surface area (Å²) in [5.74, 6) is 1.02. The predicted octanol–water partition coefficient (Wildman–Crippen LogP) is 1.47. The van der Waals surface area contributed by atoms with Crippen LogP contribution in [0.25, 0.3) is 5.65 Å². The maximum atomic E-state index is 4.66. The van der Waals surface area contributed by atoms with Crippen LogP contribution in [0, 0.1) is 0 Å². The van der Waals surface area contributed by atoms with Gasteiger partial charge in [-0.1, -0.05) is 6.92 Å². The number of aromatic nitrogens is 5. The van der Waals surface area contributed by atoms with Crippen molar-refractivity contribution < 1.29 is 0 Å². The van der Waals surface area contributed by atoms with Crippen molar-refractivity contribution in [2.24, 2.45) is 0 Å². The highest BCUT2D eigenvalue weighted by atomic mass is 32.1. The van der Waals surface area contributed by atoms with E-state index in [1.165, 1.54) is 10.7 Å². The van der Waals surface area contributed by atoms with Gasteiger partial charge in [0.05, 0.1) is 23.1 Å². The van der Waals surface area contributed by atoms with Crippen LogP contribution < -0.4 is 4.90 Å². The van der Waals surface area contributed by atoms with E-state index >= 15 is 0 Å². The Balaban J connectivity index is 1.41. The third kappa shape index (κ3) is 2.91. The van der Waals surface area contributed by atoms with Gasteiger partial charge in [-0.3, -0.25) is 9.88 Å². The number of anilines is 1. The van der Waals surface area contributed by atoms with Crippen molar-refractivity contribution in [3.8, 4) is 0 Å². The first-order chi connectivity index (χ1) is 11.3. The lowest BCUT2D eigenvalue weighted by Gasteiger charge is -2.35. The van der Waals surface area contributed by atoms with Crippen molar-refractivity contribution in [3.05, 3.63) is 34.8 Å². The lowest BCUT2D eigenvalue weighted by molar-refractivity contribution is 0.246. The standard InChI is InChI=1S/C15H19N7S/c1-2-14-19-12(10-23-14)9-20-3-5-21(6-4-20)15-8-16-7-13-17-11-18-22(13)15/h7-8,10-11H,2-6,9H2,1H3. The largest absolute Gasteiger partial charge is 0.353 e. The molecule has 3 aromatic rings. The van der Waals surface area contributed by atoms with Crippen LogP contribution in [0.1, 0.15) is 17.6 Å².